The van der Waals surface area contributed by atoms with Crippen molar-refractivity contribution < 1.29 is 14.3 Å². The third kappa shape index (κ3) is 3.77. The third-order valence-electron chi connectivity index (χ3n) is 2.84. The van der Waals surface area contributed by atoms with Crippen LogP contribution in [0.3, 0.4) is 0 Å². The fourth-order valence-corrected chi connectivity index (χ4v) is 2.49. The first-order valence-electron chi connectivity index (χ1n) is 6.03. The molecule has 2 rings (SSSR count). The summed E-state index contributed by atoms with van der Waals surface area (Å²) < 4.78 is 11.8. The van der Waals surface area contributed by atoms with Gasteiger partial charge in [0.1, 0.15) is 11.5 Å². The second kappa shape index (κ2) is 6.95. The number of ether oxygens (including phenoxy) is 2. The lowest BCUT2D eigenvalue weighted by atomic mass is 10.2. The van der Waals surface area contributed by atoms with Crippen LogP contribution < -0.4 is 14.8 Å². The van der Waals surface area contributed by atoms with Gasteiger partial charge in [-0.15, -0.1) is 0 Å². The standard InChI is InChI=1S/C15H13Br2NO3/c1-20-9-3-5-12(16)11(7-9)15(19)18-14-8-10(21-2)4-6-13(14)17/h3-8H,1-2H3,(H,18,19). The van der Waals surface area contributed by atoms with Crippen LogP contribution in [0.2, 0.25) is 0 Å². The molecule has 0 atom stereocenters. The fourth-order valence-electron chi connectivity index (χ4n) is 1.72. The summed E-state index contributed by atoms with van der Waals surface area (Å²) in [6.45, 7) is 0. The maximum atomic E-state index is 12.4. The molecule has 0 aliphatic carbocycles. The van der Waals surface area contributed by atoms with Gasteiger partial charge in [0.2, 0.25) is 0 Å². The zero-order valence-electron chi connectivity index (χ0n) is 11.4. The lowest BCUT2D eigenvalue weighted by Crippen LogP contribution is -2.13. The highest BCUT2D eigenvalue weighted by Crippen LogP contribution is 2.29. The van der Waals surface area contributed by atoms with Gasteiger partial charge in [-0.2, -0.15) is 0 Å². The number of hydrogen-bond donors (Lipinski definition) is 1. The highest BCUT2D eigenvalue weighted by Gasteiger charge is 2.13. The first kappa shape index (κ1) is 15.9. The van der Waals surface area contributed by atoms with E-state index in [1.54, 1.807) is 44.6 Å². The topological polar surface area (TPSA) is 47.6 Å². The molecular formula is C15H13Br2NO3. The maximum Gasteiger partial charge on any atom is 0.256 e. The Labute approximate surface area is 139 Å². The van der Waals surface area contributed by atoms with Crippen molar-refractivity contribution >= 4 is 43.5 Å². The number of rotatable bonds is 4. The summed E-state index contributed by atoms with van der Waals surface area (Å²) >= 11 is 6.77. The Morgan fingerprint density at radius 2 is 1.52 bits per heavy atom. The van der Waals surface area contributed by atoms with Crippen LogP contribution in [0.4, 0.5) is 5.69 Å². The number of carbonyl (C=O) groups excluding carboxylic acids is 1. The van der Waals surface area contributed by atoms with Crippen molar-refractivity contribution in [3.8, 4) is 11.5 Å². The SMILES string of the molecule is COc1ccc(Br)c(NC(=O)c2cc(OC)ccc2Br)c1. The van der Waals surface area contributed by atoms with E-state index in [9.17, 15) is 4.79 Å². The molecule has 0 aliphatic rings. The van der Waals surface area contributed by atoms with E-state index in [4.69, 9.17) is 9.47 Å². The van der Waals surface area contributed by atoms with Gasteiger partial charge in [-0.1, -0.05) is 0 Å². The lowest BCUT2D eigenvalue weighted by molar-refractivity contribution is 0.102. The molecule has 0 aliphatic heterocycles. The highest BCUT2D eigenvalue weighted by atomic mass is 79.9. The van der Waals surface area contributed by atoms with Gasteiger partial charge in [0.25, 0.3) is 5.91 Å². The van der Waals surface area contributed by atoms with E-state index in [-0.39, 0.29) is 5.91 Å². The molecule has 2 aromatic carbocycles. The Kier molecular flexibility index (Phi) is 5.25. The Hall–Kier alpha value is -1.53. The Balaban J connectivity index is 2.29. The number of nitrogens with one attached hydrogen (secondary N) is 1. The van der Waals surface area contributed by atoms with Crippen LogP contribution in [-0.4, -0.2) is 20.1 Å². The van der Waals surface area contributed by atoms with Crippen LogP contribution in [0.25, 0.3) is 0 Å². The maximum absolute atomic E-state index is 12.4. The van der Waals surface area contributed by atoms with Crippen molar-refractivity contribution in [2.75, 3.05) is 19.5 Å². The smallest absolute Gasteiger partial charge is 0.256 e. The van der Waals surface area contributed by atoms with Gasteiger partial charge in [-0.3, -0.25) is 4.79 Å². The predicted octanol–water partition coefficient (Wildman–Crippen LogP) is 4.48. The molecule has 2 aromatic rings. The predicted molar refractivity (Wildman–Crippen MR) is 89.3 cm³/mol. The van der Waals surface area contributed by atoms with Crippen LogP contribution in [0.5, 0.6) is 11.5 Å². The van der Waals surface area contributed by atoms with Crippen molar-refractivity contribution in [3.63, 3.8) is 0 Å². The highest BCUT2D eigenvalue weighted by molar-refractivity contribution is 9.11. The normalized spacial score (nSPS) is 10.1. The van der Waals surface area contributed by atoms with Gasteiger partial charge < -0.3 is 14.8 Å². The molecule has 1 N–H and O–H groups in total. The molecule has 0 unspecified atom stereocenters. The number of benzene rings is 2. The molecule has 0 bridgehead atoms. The molecule has 0 radical (unpaired) electrons. The average molecular weight is 415 g/mol. The summed E-state index contributed by atoms with van der Waals surface area (Å²) in [7, 11) is 3.14. The minimum Gasteiger partial charge on any atom is -0.497 e. The lowest BCUT2D eigenvalue weighted by Gasteiger charge is -2.11. The largest absolute Gasteiger partial charge is 0.497 e. The van der Waals surface area contributed by atoms with Crippen LogP contribution in [0, 0.1) is 0 Å². The number of amides is 1. The number of anilines is 1. The van der Waals surface area contributed by atoms with E-state index < -0.39 is 0 Å². The molecule has 1 amide bonds. The van der Waals surface area contributed by atoms with Crippen LogP contribution in [0.1, 0.15) is 10.4 Å². The van der Waals surface area contributed by atoms with Gasteiger partial charge in [0, 0.05) is 15.0 Å². The summed E-state index contributed by atoms with van der Waals surface area (Å²) in [6.07, 6.45) is 0. The van der Waals surface area contributed by atoms with E-state index in [1.807, 2.05) is 6.07 Å². The number of hydrogen-bond acceptors (Lipinski definition) is 3. The van der Waals surface area contributed by atoms with Crippen LogP contribution in [0.15, 0.2) is 45.3 Å². The number of halogens is 2. The molecule has 0 heterocycles. The second-order valence-electron chi connectivity index (χ2n) is 4.15. The molecule has 6 heteroatoms. The Morgan fingerprint density at radius 1 is 0.952 bits per heavy atom. The van der Waals surface area contributed by atoms with Crippen LogP contribution in [-0.2, 0) is 0 Å². The molecule has 0 spiro atoms. The van der Waals surface area contributed by atoms with E-state index in [0.29, 0.717) is 27.2 Å². The molecule has 4 nitrogen and oxygen atoms in total. The summed E-state index contributed by atoms with van der Waals surface area (Å²) in [5, 5.41) is 2.84. The van der Waals surface area contributed by atoms with Gasteiger partial charge in [-0.05, 0) is 62.2 Å². The van der Waals surface area contributed by atoms with Crippen molar-refractivity contribution in [1.82, 2.24) is 0 Å². The Bertz CT molecular complexity index is 674. The van der Waals surface area contributed by atoms with E-state index in [2.05, 4.69) is 37.2 Å². The van der Waals surface area contributed by atoms with E-state index >= 15 is 0 Å². The number of methoxy groups -OCH3 is 2. The Morgan fingerprint density at radius 3 is 2.14 bits per heavy atom. The van der Waals surface area contributed by atoms with Crippen molar-refractivity contribution in [2.24, 2.45) is 0 Å². The second-order valence-corrected chi connectivity index (χ2v) is 5.85. The van der Waals surface area contributed by atoms with Crippen molar-refractivity contribution in [1.29, 1.82) is 0 Å². The van der Waals surface area contributed by atoms with Crippen LogP contribution >= 0.6 is 31.9 Å². The van der Waals surface area contributed by atoms with Gasteiger partial charge in [0.15, 0.2) is 0 Å². The van der Waals surface area contributed by atoms with E-state index in [1.165, 1.54) is 0 Å². The first-order chi connectivity index (χ1) is 10.0. The minimum absolute atomic E-state index is 0.241. The molecular weight excluding hydrogens is 402 g/mol. The molecule has 0 saturated carbocycles. The fraction of sp³-hybridized carbons (Fsp3) is 0.133. The minimum atomic E-state index is -0.241. The van der Waals surface area contributed by atoms with Crippen molar-refractivity contribution in [3.05, 3.63) is 50.9 Å². The molecule has 0 fully saturated rings. The molecule has 21 heavy (non-hydrogen) atoms. The molecule has 110 valence electrons. The van der Waals surface area contributed by atoms with E-state index in [0.717, 1.165) is 4.47 Å². The summed E-state index contributed by atoms with van der Waals surface area (Å²) in [4.78, 5) is 12.4. The molecule has 0 aromatic heterocycles. The number of carbonyl (C=O) groups is 1. The summed E-state index contributed by atoms with van der Waals surface area (Å²) in [6, 6.07) is 10.6. The van der Waals surface area contributed by atoms with Gasteiger partial charge in [-0.25, -0.2) is 0 Å². The first-order valence-corrected chi connectivity index (χ1v) is 7.62. The zero-order valence-corrected chi connectivity index (χ0v) is 14.6. The zero-order chi connectivity index (χ0) is 15.4. The van der Waals surface area contributed by atoms with Crippen molar-refractivity contribution in [2.45, 2.75) is 0 Å². The quantitative estimate of drug-likeness (QED) is 0.802. The summed E-state index contributed by atoms with van der Waals surface area (Å²) in [5.41, 5.74) is 1.12. The average Bonchev–Trinajstić information content (AvgIpc) is 2.49. The summed E-state index contributed by atoms with van der Waals surface area (Å²) in [5.74, 6) is 1.04. The van der Waals surface area contributed by atoms with Gasteiger partial charge >= 0.3 is 0 Å². The third-order valence-corrected chi connectivity index (χ3v) is 4.22. The monoisotopic (exact) mass is 413 g/mol. The van der Waals surface area contributed by atoms with Gasteiger partial charge in [0.05, 0.1) is 25.5 Å². The molecule has 0 saturated heterocycles.